The number of unbranched alkanes of at least 4 members (excludes halogenated alkanes) is 7. The summed E-state index contributed by atoms with van der Waals surface area (Å²) in [6.07, 6.45) is 11.0. The van der Waals surface area contributed by atoms with Crippen LogP contribution in [0, 0.1) is 0 Å². The second-order valence-electron chi connectivity index (χ2n) is 6.65. The van der Waals surface area contributed by atoms with Gasteiger partial charge in [0, 0.05) is 24.8 Å². The van der Waals surface area contributed by atoms with Crippen molar-refractivity contribution in [3.63, 3.8) is 0 Å². The highest BCUT2D eigenvalue weighted by Crippen LogP contribution is 2.17. The number of carbonyl (C=O) groups is 1. The van der Waals surface area contributed by atoms with Crippen LogP contribution >= 0.6 is 0 Å². The Balaban J connectivity index is 4.24. The fourth-order valence-electron chi connectivity index (χ4n) is 2.75. The second kappa shape index (κ2) is 16.8. The van der Waals surface area contributed by atoms with E-state index in [1.165, 1.54) is 44.9 Å². The molecule has 0 radical (unpaired) electrons. The smallest absolute Gasteiger partial charge is 0.333 e. The van der Waals surface area contributed by atoms with Crippen molar-refractivity contribution in [2.24, 2.45) is 0 Å². The van der Waals surface area contributed by atoms with Gasteiger partial charge in [0.25, 0.3) is 0 Å². The predicted octanol–water partition coefficient (Wildman–Crippen LogP) is 5.30. The van der Waals surface area contributed by atoms with Crippen LogP contribution in [0.3, 0.4) is 0 Å². The van der Waals surface area contributed by atoms with E-state index in [4.69, 9.17) is 13.6 Å². The molecular formula is C20H40O4Si. The quantitative estimate of drug-likeness (QED) is 0.150. The van der Waals surface area contributed by atoms with Gasteiger partial charge >= 0.3 is 15.3 Å². The Hall–Kier alpha value is -0.653. The van der Waals surface area contributed by atoms with Crippen LogP contribution in [0.1, 0.15) is 85.5 Å². The molecule has 0 saturated carbocycles. The molecule has 0 fully saturated rings. The standard InChI is InChI=1S/C20H40O4Si/c1-6-9-10-11-12-13-14-15-16-19(24-20(21)18(4)5)17-25(22-7-2)23-8-3/h19,25H,4,6-17H2,1-3,5H3. The van der Waals surface area contributed by atoms with E-state index in [1.54, 1.807) is 6.92 Å². The van der Waals surface area contributed by atoms with Gasteiger partial charge in [-0.1, -0.05) is 58.4 Å². The van der Waals surface area contributed by atoms with Crippen LogP contribution in [0.5, 0.6) is 0 Å². The summed E-state index contributed by atoms with van der Waals surface area (Å²) in [6, 6.07) is 0.719. The molecule has 0 aromatic heterocycles. The molecule has 0 aliphatic heterocycles. The summed E-state index contributed by atoms with van der Waals surface area (Å²) in [7, 11) is -1.77. The predicted molar refractivity (Wildman–Crippen MR) is 107 cm³/mol. The zero-order chi connectivity index (χ0) is 18.9. The van der Waals surface area contributed by atoms with E-state index in [0.29, 0.717) is 18.8 Å². The molecule has 0 aliphatic carbocycles. The first-order valence-electron chi connectivity index (χ1n) is 10.1. The summed E-state index contributed by atoms with van der Waals surface area (Å²) in [5.41, 5.74) is 0.451. The highest BCUT2D eigenvalue weighted by Gasteiger charge is 2.23. The molecule has 148 valence electrons. The summed E-state index contributed by atoms with van der Waals surface area (Å²) < 4.78 is 17.1. The summed E-state index contributed by atoms with van der Waals surface area (Å²) in [6.45, 7) is 12.9. The van der Waals surface area contributed by atoms with Gasteiger partial charge in [0.1, 0.15) is 6.10 Å². The van der Waals surface area contributed by atoms with Crippen molar-refractivity contribution in [2.45, 2.75) is 97.6 Å². The van der Waals surface area contributed by atoms with Crippen molar-refractivity contribution in [1.29, 1.82) is 0 Å². The van der Waals surface area contributed by atoms with Crippen LogP contribution < -0.4 is 0 Å². The maximum Gasteiger partial charge on any atom is 0.333 e. The first kappa shape index (κ1) is 24.3. The first-order valence-corrected chi connectivity index (χ1v) is 11.9. The molecule has 0 spiro atoms. The lowest BCUT2D eigenvalue weighted by Crippen LogP contribution is -2.31. The highest BCUT2D eigenvalue weighted by atomic mass is 28.3. The SMILES string of the molecule is C=C(C)C(=O)OC(CCCCCCCCCC)C[SiH](OCC)OCC. The number of ether oxygens (including phenoxy) is 1. The molecule has 1 unspecified atom stereocenters. The maximum atomic E-state index is 11.9. The van der Waals surface area contributed by atoms with E-state index in [1.807, 2.05) is 13.8 Å². The zero-order valence-electron chi connectivity index (χ0n) is 17.0. The van der Waals surface area contributed by atoms with Gasteiger partial charge in [-0.25, -0.2) is 4.79 Å². The molecule has 0 heterocycles. The topological polar surface area (TPSA) is 44.8 Å². The minimum Gasteiger partial charge on any atom is -0.459 e. The Morgan fingerprint density at radius 1 is 0.920 bits per heavy atom. The van der Waals surface area contributed by atoms with Gasteiger partial charge in [0.05, 0.1) is 0 Å². The maximum absolute atomic E-state index is 11.9. The fourth-order valence-corrected chi connectivity index (χ4v) is 4.63. The molecule has 0 rings (SSSR count). The molecule has 0 N–H and O–H groups in total. The molecular weight excluding hydrogens is 332 g/mol. The third-order valence-corrected chi connectivity index (χ3v) is 6.48. The number of hydrogen-bond donors (Lipinski definition) is 0. The summed E-state index contributed by atoms with van der Waals surface area (Å²) in [5.74, 6) is -0.301. The number of rotatable bonds is 17. The average Bonchev–Trinajstić information content (AvgIpc) is 2.57. The molecule has 1 atom stereocenters. The Bertz CT molecular complexity index is 341. The molecule has 0 saturated heterocycles. The first-order chi connectivity index (χ1) is 12.0. The lowest BCUT2D eigenvalue weighted by Gasteiger charge is -2.22. The zero-order valence-corrected chi connectivity index (χ0v) is 18.1. The van der Waals surface area contributed by atoms with Crippen LogP contribution in [0.25, 0.3) is 0 Å². The van der Waals surface area contributed by atoms with E-state index >= 15 is 0 Å². The summed E-state index contributed by atoms with van der Waals surface area (Å²) in [5, 5.41) is 0. The van der Waals surface area contributed by atoms with E-state index in [9.17, 15) is 4.79 Å². The van der Waals surface area contributed by atoms with Crippen molar-refractivity contribution < 1.29 is 18.4 Å². The second-order valence-corrected chi connectivity index (χ2v) is 8.64. The molecule has 5 heteroatoms. The van der Waals surface area contributed by atoms with Crippen molar-refractivity contribution in [3.05, 3.63) is 12.2 Å². The number of carbonyl (C=O) groups excluding carboxylic acids is 1. The van der Waals surface area contributed by atoms with Crippen LogP contribution in [0.4, 0.5) is 0 Å². The summed E-state index contributed by atoms with van der Waals surface area (Å²) in [4.78, 5) is 11.9. The third kappa shape index (κ3) is 14.2. The van der Waals surface area contributed by atoms with Gasteiger partial charge < -0.3 is 13.6 Å². The molecule has 25 heavy (non-hydrogen) atoms. The van der Waals surface area contributed by atoms with Gasteiger partial charge in [0.2, 0.25) is 0 Å². The van der Waals surface area contributed by atoms with Crippen LogP contribution in [-0.4, -0.2) is 34.6 Å². The third-order valence-electron chi connectivity index (χ3n) is 4.16. The van der Waals surface area contributed by atoms with E-state index < -0.39 is 9.28 Å². The van der Waals surface area contributed by atoms with Gasteiger partial charge in [0.15, 0.2) is 0 Å². The lowest BCUT2D eigenvalue weighted by molar-refractivity contribution is -0.143. The normalized spacial score (nSPS) is 12.4. The Kier molecular flexibility index (Phi) is 16.4. The average molecular weight is 373 g/mol. The van der Waals surface area contributed by atoms with Crippen molar-refractivity contribution in [2.75, 3.05) is 13.2 Å². The Morgan fingerprint density at radius 2 is 1.44 bits per heavy atom. The van der Waals surface area contributed by atoms with Crippen LogP contribution in [-0.2, 0) is 18.4 Å². The van der Waals surface area contributed by atoms with Crippen molar-refractivity contribution in [3.8, 4) is 0 Å². The number of esters is 1. The highest BCUT2D eigenvalue weighted by molar-refractivity contribution is 6.44. The van der Waals surface area contributed by atoms with Crippen LogP contribution in [0.15, 0.2) is 12.2 Å². The van der Waals surface area contributed by atoms with E-state index in [-0.39, 0.29) is 12.1 Å². The van der Waals surface area contributed by atoms with E-state index in [0.717, 1.165) is 18.9 Å². The fraction of sp³-hybridized carbons (Fsp3) is 0.850. The minimum absolute atomic E-state index is 0.112. The Morgan fingerprint density at radius 3 is 1.92 bits per heavy atom. The van der Waals surface area contributed by atoms with Gasteiger partial charge in [-0.05, 0) is 33.6 Å². The summed E-state index contributed by atoms with van der Waals surface area (Å²) >= 11 is 0. The molecule has 0 aromatic carbocycles. The van der Waals surface area contributed by atoms with Crippen LogP contribution in [0.2, 0.25) is 6.04 Å². The van der Waals surface area contributed by atoms with Crippen molar-refractivity contribution >= 4 is 15.3 Å². The minimum atomic E-state index is -1.77. The Labute approximate surface area is 157 Å². The van der Waals surface area contributed by atoms with Gasteiger partial charge in [-0.15, -0.1) is 0 Å². The molecule has 0 amide bonds. The lowest BCUT2D eigenvalue weighted by atomic mass is 10.1. The molecule has 0 aliphatic rings. The van der Waals surface area contributed by atoms with E-state index in [2.05, 4.69) is 13.5 Å². The molecule has 4 nitrogen and oxygen atoms in total. The monoisotopic (exact) mass is 372 g/mol. The van der Waals surface area contributed by atoms with Gasteiger partial charge in [-0.3, -0.25) is 0 Å². The molecule has 0 aromatic rings. The number of hydrogen-bond acceptors (Lipinski definition) is 4. The molecule has 0 bridgehead atoms. The van der Waals surface area contributed by atoms with Gasteiger partial charge in [-0.2, -0.15) is 0 Å². The largest absolute Gasteiger partial charge is 0.459 e. The van der Waals surface area contributed by atoms with Crippen molar-refractivity contribution in [1.82, 2.24) is 0 Å².